The monoisotopic (exact) mass is 552 g/mol. The molecule has 0 aliphatic heterocycles. The van der Waals surface area contributed by atoms with Crippen LogP contribution in [0.2, 0.25) is 0 Å². The Labute approximate surface area is 167 Å². The highest BCUT2D eigenvalue weighted by molar-refractivity contribution is 14.1. The molecular formula is C16H5F12I. The third-order valence-electron chi connectivity index (χ3n) is 3.65. The Morgan fingerprint density at radius 2 is 0.931 bits per heavy atom. The highest BCUT2D eigenvalue weighted by Gasteiger charge is 2.42. The maximum atomic E-state index is 13.3. The lowest BCUT2D eigenvalue weighted by Gasteiger charge is -2.20. The second kappa shape index (κ2) is 7.23. The van der Waals surface area contributed by atoms with E-state index >= 15 is 0 Å². The Hall–Kier alpha value is -1.67. The molecular weight excluding hydrogens is 547 g/mol. The van der Waals surface area contributed by atoms with Crippen LogP contribution in [0, 0.1) is 3.57 Å². The summed E-state index contributed by atoms with van der Waals surface area (Å²) in [4.78, 5) is 0. The van der Waals surface area contributed by atoms with Crippen LogP contribution >= 0.6 is 22.6 Å². The second-order valence-corrected chi connectivity index (χ2v) is 6.72. The molecule has 0 unspecified atom stereocenters. The van der Waals surface area contributed by atoms with Crippen molar-refractivity contribution in [3.8, 4) is 11.1 Å². The molecule has 2 aromatic carbocycles. The first-order valence-corrected chi connectivity index (χ1v) is 8.18. The van der Waals surface area contributed by atoms with E-state index in [1.807, 2.05) is 0 Å². The maximum Gasteiger partial charge on any atom is 0.417 e. The van der Waals surface area contributed by atoms with Crippen molar-refractivity contribution in [1.82, 2.24) is 0 Å². The molecule has 0 saturated heterocycles. The van der Waals surface area contributed by atoms with Gasteiger partial charge in [0.05, 0.1) is 22.3 Å². The molecule has 2 rings (SSSR count). The Morgan fingerprint density at radius 1 is 0.483 bits per heavy atom. The normalized spacial score (nSPS) is 13.7. The highest BCUT2D eigenvalue weighted by atomic mass is 127. The van der Waals surface area contributed by atoms with Crippen LogP contribution in [0.25, 0.3) is 11.1 Å². The largest absolute Gasteiger partial charge is 0.417 e. The van der Waals surface area contributed by atoms with Gasteiger partial charge in [-0.1, -0.05) is 6.07 Å². The molecule has 0 aromatic heterocycles. The van der Waals surface area contributed by atoms with Crippen LogP contribution in [0.15, 0.2) is 30.3 Å². The Morgan fingerprint density at radius 3 is 1.34 bits per heavy atom. The summed E-state index contributed by atoms with van der Waals surface area (Å²) in [6, 6.07) is -0.256. The van der Waals surface area contributed by atoms with Gasteiger partial charge in [0.1, 0.15) is 0 Å². The predicted octanol–water partition coefficient (Wildman–Crippen LogP) is 8.03. The van der Waals surface area contributed by atoms with Crippen molar-refractivity contribution < 1.29 is 52.7 Å². The molecule has 0 bridgehead atoms. The molecule has 0 radical (unpaired) electrons. The summed E-state index contributed by atoms with van der Waals surface area (Å²) in [6.45, 7) is 0. The number of halogens is 13. The van der Waals surface area contributed by atoms with Gasteiger partial charge >= 0.3 is 24.7 Å². The average Bonchev–Trinajstić information content (AvgIpc) is 2.50. The first kappa shape index (κ1) is 23.6. The van der Waals surface area contributed by atoms with E-state index < -0.39 is 61.7 Å². The first-order valence-electron chi connectivity index (χ1n) is 7.10. The molecule has 29 heavy (non-hydrogen) atoms. The summed E-state index contributed by atoms with van der Waals surface area (Å²) in [6.07, 6.45) is -21.4. The molecule has 13 heteroatoms. The van der Waals surface area contributed by atoms with E-state index in [2.05, 4.69) is 0 Å². The lowest BCUT2D eigenvalue weighted by molar-refractivity contribution is -0.144. The zero-order valence-corrected chi connectivity index (χ0v) is 15.5. The van der Waals surface area contributed by atoms with Crippen LogP contribution in [0.1, 0.15) is 22.3 Å². The molecule has 160 valence electrons. The summed E-state index contributed by atoms with van der Waals surface area (Å²) in [5, 5.41) is 0. The summed E-state index contributed by atoms with van der Waals surface area (Å²) in [5.74, 6) is 0. The topological polar surface area (TPSA) is 0 Å². The second-order valence-electron chi connectivity index (χ2n) is 5.64. The fraction of sp³-hybridized carbons (Fsp3) is 0.250. The van der Waals surface area contributed by atoms with Crippen molar-refractivity contribution in [1.29, 1.82) is 0 Å². The minimum absolute atomic E-state index is 0.0366. The Bertz CT molecular complexity index is 916. The minimum atomic E-state index is -5.48. The predicted molar refractivity (Wildman–Crippen MR) is 84.6 cm³/mol. The van der Waals surface area contributed by atoms with Gasteiger partial charge in [0.15, 0.2) is 0 Å². The lowest BCUT2D eigenvalue weighted by Crippen LogP contribution is -2.15. The summed E-state index contributed by atoms with van der Waals surface area (Å²) >= 11 is 0.907. The number of benzene rings is 2. The molecule has 0 atom stereocenters. The van der Waals surface area contributed by atoms with Gasteiger partial charge in [-0.25, -0.2) is 0 Å². The van der Waals surface area contributed by atoms with Crippen LogP contribution in [0.5, 0.6) is 0 Å². The third-order valence-corrected chi connectivity index (χ3v) is 4.81. The zero-order chi connectivity index (χ0) is 22.6. The van der Waals surface area contributed by atoms with E-state index in [-0.39, 0.29) is 30.3 Å². The molecule has 0 nitrogen and oxygen atoms in total. The average molecular weight is 552 g/mol. The van der Waals surface area contributed by atoms with Crippen molar-refractivity contribution in [2.75, 3.05) is 0 Å². The fourth-order valence-corrected chi connectivity index (χ4v) is 3.29. The molecule has 0 heterocycles. The number of rotatable bonds is 1. The molecule has 0 fully saturated rings. The molecule has 0 amide bonds. The standard InChI is InChI=1S/C16H5F12I/c17-13(18,19)6-1-2-8(10(4-6)15(23,24)25)9-3-7(14(20,21)22)5-11(12(9)29)16(26,27)28/h1-5H. The molecule has 2 aromatic rings. The Balaban J connectivity index is 2.93. The van der Waals surface area contributed by atoms with Gasteiger partial charge in [0.2, 0.25) is 0 Å². The van der Waals surface area contributed by atoms with Crippen LogP contribution < -0.4 is 0 Å². The number of alkyl halides is 12. The maximum absolute atomic E-state index is 13.3. The van der Waals surface area contributed by atoms with Gasteiger partial charge in [-0.05, 0) is 58.0 Å². The van der Waals surface area contributed by atoms with Crippen LogP contribution in [0.3, 0.4) is 0 Å². The van der Waals surface area contributed by atoms with Gasteiger partial charge in [0, 0.05) is 3.57 Å². The molecule has 0 aliphatic rings. The Kier molecular flexibility index (Phi) is 5.89. The highest BCUT2D eigenvalue weighted by Crippen LogP contribution is 2.46. The number of hydrogen-bond donors (Lipinski definition) is 0. The molecule has 0 saturated carbocycles. The SMILES string of the molecule is FC(F)(F)c1ccc(-c2cc(C(F)(F)F)cc(C(F)(F)F)c2I)c(C(F)(F)F)c1. The minimum Gasteiger partial charge on any atom is -0.166 e. The van der Waals surface area contributed by atoms with E-state index in [0.717, 1.165) is 22.6 Å². The number of hydrogen-bond acceptors (Lipinski definition) is 0. The first-order chi connectivity index (χ1) is 12.8. The van der Waals surface area contributed by atoms with E-state index in [1.165, 1.54) is 0 Å². The third kappa shape index (κ3) is 5.09. The molecule has 0 aliphatic carbocycles. The fourth-order valence-electron chi connectivity index (χ4n) is 2.38. The van der Waals surface area contributed by atoms with Crippen molar-refractivity contribution >= 4 is 22.6 Å². The van der Waals surface area contributed by atoms with Crippen LogP contribution in [-0.4, -0.2) is 0 Å². The quantitative estimate of drug-likeness (QED) is 0.248. The van der Waals surface area contributed by atoms with Crippen molar-refractivity contribution in [2.45, 2.75) is 24.7 Å². The van der Waals surface area contributed by atoms with Crippen molar-refractivity contribution in [2.24, 2.45) is 0 Å². The molecule has 0 N–H and O–H groups in total. The zero-order valence-electron chi connectivity index (χ0n) is 13.3. The van der Waals surface area contributed by atoms with Crippen molar-refractivity contribution in [3.05, 3.63) is 56.2 Å². The lowest BCUT2D eigenvalue weighted by atomic mass is 9.93. The van der Waals surface area contributed by atoms with E-state index in [4.69, 9.17) is 0 Å². The van der Waals surface area contributed by atoms with Crippen molar-refractivity contribution in [3.63, 3.8) is 0 Å². The van der Waals surface area contributed by atoms with Gasteiger partial charge < -0.3 is 0 Å². The summed E-state index contributed by atoms with van der Waals surface area (Å²) < 4.78 is 155. The van der Waals surface area contributed by atoms with Gasteiger partial charge in [0.25, 0.3) is 0 Å². The molecule has 0 spiro atoms. The van der Waals surface area contributed by atoms with Gasteiger partial charge in [-0.2, -0.15) is 52.7 Å². The van der Waals surface area contributed by atoms with E-state index in [1.54, 1.807) is 0 Å². The van der Waals surface area contributed by atoms with Crippen LogP contribution in [-0.2, 0) is 24.7 Å². The van der Waals surface area contributed by atoms with Crippen LogP contribution in [0.4, 0.5) is 52.7 Å². The summed E-state index contributed by atoms with van der Waals surface area (Å²) in [7, 11) is 0. The van der Waals surface area contributed by atoms with Gasteiger partial charge in [-0.15, -0.1) is 0 Å². The van der Waals surface area contributed by atoms with E-state index in [0.29, 0.717) is 0 Å². The van der Waals surface area contributed by atoms with Gasteiger partial charge in [-0.3, -0.25) is 0 Å². The smallest absolute Gasteiger partial charge is 0.166 e. The van der Waals surface area contributed by atoms with E-state index in [9.17, 15) is 52.7 Å². The summed E-state index contributed by atoms with van der Waals surface area (Å²) in [5.41, 5.74) is -9.92.